The predicted octanol–water partition coefficient (Wildman–Crippen LogP) is 1.62. The second-order valence-electron chi connectivity index (χ2n) is 3.76. The number of hydrogen-bond acceptors (Lipinski definition) is 6. The molecule has 2 N–H and O–H groups in total. The number of H-pyrrole nitrogens is 1. The maximum atomic E-state index is 13.1. The van der Waals surface area contributed by atoms with Crippen LogP contribution < -0.4 is 5.32 Å². The number of benzene rings is 1. The number of nitrogens with one attached hydrogen (secondary N) is 2. The minimum atomic E-state index is -1.06. The zero-order valence-corrected chi connectivity index (χ0v) is 10.1. The van der Waals surface area contributed by atoms with E-state index in [2.05, 4.69) is 15.5 Å². The van der Waals surface area contributed by atoms with E-state index in [9.17, 15) is 29.4 Å². The largest absolute Gasteiger partial charge is 0.320 e. The molecule has 10 nitrogen and oxygen atoms in total. The number of carbonyl (C=O) groups excluding carboxylic acids is 1. The van der Waals surface area contributed by atoms with Gasteiger partial charge in [-0.25, -0.2) is 0 Å². The number of nitro groups is 2. The molecule has 0 aliphatic rings. The first-order chi connectivity index (χ1) is 9.90. The molecular weight excluding hydrogens is 289 g/mol. The summed E-state index contributed by atoms with van der Waals surface area (Å²) in [6, 6.07) is 2.69. The number of nitrogens with zero attached hydrogens (tertiary/aromatic N) is 3. The van der Waals surface area contributed by atoms with Gasteiger partial charge in [0, 0.05) is 11.8 Å². The van der Waals surface area contributed by atoms with E-state index in [1.54, 1.807) is 0 Å². The van der Waals surface area contributed by atoms with Gasteiger partial charge in [0.15, 0.2) is 0 Å². The van der Waals surface area contributed by atoms with Crippen molar-refractivity contribution in [1.29, 1.82) is 0 Å². The van der Waals surface area contributed by atoms with Crippen molar-refractivity contribution in [3.05, 3.63) is 56.1 Å². The minimum absolute atomic E-state index is 0.0861. The lowest BCUT2D eigenvalue weighted by molar-refractivity contribution is -0.387. The third-order valence-corrected chi connectivity index (χ3v) is 2.44. The number of rotatable bonds is 4. The van der Waals surface area contributed by atoms with Crippen LogP contribution in [0.2, 0.25) is 0 Å². The van der Waals surface area contributed by atoms with Crippen LogP contribution in [-0.2, 0) is 0 Å². The number of carbonyl (C=O) groups is 1. The quantitative estimate of drug-likeness (QED) is 0.647. The first-order valence-electron chi connectivity index (χ1n) is 5.33. The standard InChI is InChI=1S/C10H6FN5O5/c11-6-2-1-5(3-7(6)15(18)19)13-10(17)9-8(16(20)21)4-12-14-9/h1-4H,(H,12,14)(H,13,17). The number of anilines is 1. The molecule has 1 aromatic carbocycles. The zero-order chi connectivity index (χ0) is 15.6. The average Bonchev–Trinajstić information content (AvgIpc) is 2.90. The second-order valence-corrected chi connectivity index (χ2v) is 3.76. The first kappa shape index (κ1) is 14.0. The Morgan fingerprint density at radius 2 is 1.90 bits per heavy atom. The number of aromatic nitrogens is 2. The lowest BCUT2D eigenvalue weighted by atomic mass is 10.2. The molecular formula is C10H6FN5O5. The number of amides is 1. The van der Waals surface area contributed by atoms with E-state index >= 15 is 0 Å². The van der Waals surface area contributed by atoms with Crippen molar-refractivity contribution in [1.82, 2.24) is 10.2 Å². The fourth-order valence-corrected chi connectivity index (χ4v) is 1.51. The summed E-state index contributed by atoms with van der Waals surface area (Å²) in [6.07, 6.45) is 0.849. The maximum absolute atomic E-state index is 13.1. The zero-order valence-electron chi connectivity index (χ0n) is 10.1. The molecule has 1 amide bonds. The third-order valence-electron chi connectivity index (χ3n) is 2.44. The molecule has 0 aliphatic carbocycles. The molecule has 0 saturated carbocycles. The van der Waals surface area contributed by atoms with E-state index in [1.165, 1.54) is 0 Å². The molecule has 2 rings (SSSR count). The van der Waals surface area contributed by atoms with Crippen molar-refractivity contribution in [3.8, 4) is 0 Å². The SMILES string of the molecule is O=C(Nc1ccc(F)c([N+](=O)[O-])c1)c1[nH]ncc1[N+](=O)[O-]. The Kier molecular flexibility index (Phi) is 3.56. The second kappa shape index (κ2) is 5.32. The monoisotopic (exact) mass is 295 g/mol. The van der Waals surface area contributed by atoms with Crippen LogP contribution in [-0.4, -0.2) is 26.0 Å². The van der Waals surface area contributed by atoms with Gasteiger partial charge in [-0.2, -0.15) is 9.49 Å². The molecule has 0 aliphatic heterocycles. The molecule has 0 fully saturated rings. The summed E-state index contributed by atoms with van der Waals surface area (Å²) in [5, 5.41) is 28.9. The molecule has 1 aromatic heterocycles. The van der Waals surface area contributed by atoms with Gasteiger partial charge in [-0.05, 0) is 12.1 Å². The minimum Gasteiger partial charge on any atom is -0.320 e. The molecule has 11 heteroatoms. The van der Waals surface area contributed by atoms with Crippen molar-refractivity contribution in [2.45, 2.75) is 0 Å². The number of nitro benzene ring substituents is 1. The molecule has 0 radical (unpaired) electrons. The Hall–Kier alpha value is -3.37. The van der Waals surface area contributed by atoms with Crippen molar-refractivity contribution < 1.29 is 19.0 Å². The molecule has 0 spiro atoms. The van der Waals surface area contributed by atoms with Gasteiger partial charge in [0.1, 0.15) is 6.20 Å². The number of aromatic amines is 1. The van der Waals surface area contributed by atoms with Crippen LogP contribution in [0.3, 0.4) is 0 Å². The molecule has 0 atom stereocenters. The van der Waals surface area contributed by atoms with Crippen LogP contribution in [0.1, 0.15) is 10.5 Å². The van der Waals surface area contributed by atoms with Crippen LogP contribution in [0.5, 0.6) is 0 Å². The number of hydrogen-bond donors (Lipinski definition) is 2. The summed E-state index contributed by atoms with van der Waals surface area (Å²) in [6.45, 7) is 0. The van der Waals surface area contributed by atoms with Crippen LogP contribution >= 0.6 is 0 Å². The van der Waals surface area contributed by atoms with E-state index in [4.69, 9.17) is 0 Å². The molecule has 2 aromatic rings. The van der Waals surface area contributed by atoms with E-state index < -0.39 is 38.6 Å². The Morgan fingerprint density at radius 3 is 2.52 bits per heavy atom. The summed E-state index contributed by atoms with van der Waals surface area (Å²) in [4.78, 5) is 31.3. The summed E-state index contributed by atoms with van der Waals surface area (Å²) in [5.74, 6) is -1.99. The highest BCUT2D eigenvalue weighted by molar-refractivity contribution is 6.05. The summed E-state index contributed by atoms with van der Waals surface area (Å²) >= 11 is 0. The molecule has 1 heterocycles. The molecule has 0 saturated heterocycles. The average molecular weight is 295 g/mol. The normalized spacial score (nSPS) is 10.1. The fourth-order valence-electron chi connectivity index (χ4n) is 1.51. The summed E-state index contributed by atoms with van der Waals surface area (Å²) < 4.78 is 13.1. The lowest BCUT2D eigenvalue weighted by Gasteiger charge is -2.03. The van der Waals surface area contributed by atoms with Crippen molar-refractivity contribution >= 4 is 23.0 Å². The van der Waals surface area contributed by atoms with E-state index in [0.29, 0.717) is 0 Å². The van der Waals surface area contributed by atoms with Crippen LogP contribution in [0.15, 0.2) is 24.4 Å². The van der Waals surface area contributed by atoms with Gasteiger partial charge in [-0.1, -0.05) is 0 Å². The number of halogens is 1. The Bertz CT molecular complexity index is 743. The smallest absolute Gasteiger partial charge is 0.319 e. The highest BCUT2D eigenvalue weighted by Crippen LogP contribution is 2.23. The predicted molar refractivity (Wildman–Crippen MR) is 66.2 cm³/mol. The van der Waals surface area contributed by atoms with E-state index in [1.807, 2.05) is 0 Å². The van der Waals surface area contributed by atoms with Crippen LogP contribution in [0.25, 0.3) is 0 Å². The van der Waals surface area contributed by atoms with Crippen molar-refractivity contribution in [2.75, 3.05) is 5.32 Å². The summed E-state index contributed by atoms with van der Waals surface area (Å²) in [7, 11) is 0. The highest BCUT2D eigenvalue weighted by Gasteiger charge is 2.23. The van der Waals surface area contributed by atoms with Gasteiger partial charge in [0.25, 0.3) is 5.91 Å². The Labute approximate surface area is 114 Å². The van der Waals surface area contributed by atoms with Crippen LogP contribution in [0, 0.1) is 26.0 Å². The lowest BCUT2D eigenvalue weighted by Crippen LogP contribution is -2.14. The van der Waals surface area contributed by atoms with Crippen molar-refractivity contribution in [2.24, 2.45) is 0 Å². The van der Waals surface area contributed by atoms with Gasteiger partial charge in [-0.15, -0.1) is 0 Å². The van der Waals surface area contributed by atoms with Gasteiger partial charge in [0.05, 0.1) is 9.85 Å². The highest BCUT2D eigenvalue weighted by atomic mass is 19.1. The van der Waals surface area contributed by atoms with Crippen molar-refractivity contribution in [3.63, 3.8) is 0 Å². The third kappa shape index (κ3) is 2.80. The molecule has 21 heavy (non-hydrogen) atoms. The van der Waals surface area contributed by atoms with E-state index in [0.717, 1.165) is 24.4 Å². The van der Waals surface area contributed by atoms with Crippen LogP contribution in [0.4, 0.5) is 21.5 Å². The molecule has 0 unspecified atom stereocenters. The van der Waals surface area contributed by atoms with Gasteiger partial charge in [0.2, 0.25) is 11.5 Å². The fraction of sp³-hybridized carbons (Fsp3) is 0. The van der Waals surface area contributed by atoms with Gasteiger partial charge < -0.3 is 5.32 Å². The van der Waals surface area contributed by atoms with Gasteiger partial charge in [-0.3, -0.25) is 30.1 Å². The maximum Gasteiger partial charge on any atom is 0.319 e. The Morgan fingerprint density at radius 1 is 1.24 bits per heavy atom. The molecule has 0 bridgehead atoms. The van der Waals surface area contributed by atoms with E-state index in [-0.39, 0.29) is 5.69 Å². The first-order valence-corrected chi connectivity index (χ1v) is 5.33. The molecule has 108 valence electrons. The Balaban J connectivity index is 2.28. The van der Waals surface area contributed by atoms with Gasteiger partial charge >= 0.3 is 11.4 Å². The summed E-state index contributed by atoms with van der Waals surface area (Å²) in [5.41, 5.74) is -1.89. The topological polar surface area (TPSA) is 144 Å².